The summed E-state index contributed by atoms with van der Waals surface area (Å²) in [5.74, 6) is 0.000203. The van der Waals surface area contributed by atoms with Crippen LogP contribution in [0.3, 0.4) is 0 Å². The van der Waals surface area contributed by atoms with Crippen LogP contribution in [0.2, 0.25) is 0 Å². The number of fused-ring (bicyclic) bond motifs is 1. The van der Waals surface area contributed by atoms with E-state index in [1.807, 2.05) is 25.2 Å². The van der Waals surface area contributed by atoms with Gasteiger partial charge in [0, 0.05) is 18.6 Å². The Bertz CT molecular complexity index is 600. The molecule has 1 aromatic carbocycles. The molecule has 5 nitrogen and oxygen atoms in total. The van der Waals surface area contributed by atoms with Gasteiger partial charge in [0.2, 0.25) is 0 Å². The third-order valence-electron chi connectivity index (χ3n) is 3.61. The van der Waals surface area contributed by atoms with Gasteiger partial charge in [-0.25, -0.2) is 4.79 Å². The summed E-state index contributed by atoms with van der Waals surface area (Å²) in [7, 11) is 1.87. The van der Waals surface area contributed by atoms with Gasteiger partial charge in [-0.2, -0.15) is 0 Å². The number of hydrogen-bond acceptors (Lipinski definition) is 4. The molecule has 0 aliphatic heterocycles. The van der Waals surface area contributed by atoms with E-state index in [0.29, 0.717) is 17.0 Å². The van der Waals surface area contributed by atoms with Crippen molar-refractivity contribution >= 4 is 11.1 Å². The second-order valence-corrected chi connectivity index (χ2v) is 5.13. The molecule has 1 heterocycles. The van der Waals surface area contributed by atoms with Crippen LogP contribution in [0.1, 0.15) is 25.5 Å². The summed E-state index contributed by atoms with van der Waals surface area (Å²) in [6.45, 7) is 4.28. The normalized spacial score (nSPS) is 15.0. The van der Waals surface area contributed by atoms with Gasteiger partial charge < -0.3 is 14.8 Å². The molecule has 2 rings (SSSR count). The molecule has 0 radical (unpaired) electrons. The Labute approximate surface area is 111 Å². The summed E-state index contributed by atoms with van der Waals surface area (Å²) >= 11 is 0. The van der Waals surface area contributed by atoms with E-state index in [1.54, 1.807) is 0 Å². The molecule has 0 saturated carbocycles. The van der Waals surface area contributed by atoms with Crippen LogP contribution in [0.15, 0.2) is 27.4 Å². The number of oxazole rings is 1. The molecule has 5 heteroatoms. The minimum Gasteiger partial charge on any atom is -0.408 e. The van der Waals surface area contributed by atoms with Gasteiger partial charge in [0.25, 0.3) is 0 Å². The quantitative estimate of drug-likeness (QED) is 0.767. The molecule has 104 valence electrons. The van der Waals surface area contributed by atoms with Crippen LogP contribution in [-0.2, 0) is 0 Å². The minimum atomic E-state index is -0.448. The highest BCUT2D eigenvalue weighted by Crippen LogP contribution is 2.29. The highest BCUT2D eigenvalue weighted by molar-refractivity contribution is 5.72. The van der Waals surface area contributed by atoms with Crippen molar-refractivity contribution in [3.05, 3.63) is 34.3 Å². The van der Waals surface area contributed by atoms with E-state index in [9.17, 15) is 9.90 Å². The van der Waals surface area contributed by atoms with Crippen molar-refractivity contribution in [1.29, 1.82) is 0 Å². The molecule has 3 N–H and O–H groups in total. The van der Waals surface area contributed by atoms with E-state index < -0.39 is 5.76 Å². The van der Waals surface area contributed by atoms with E-state index in [1.165, 1.54) is 0 Å². The maximum atomic E-state index is 11.2. The Morgan fingerprint density at radius 3 is 2.74 bits per heavy atom. The van der Waals surface area contributed by atoms with Crippen LogP contribution in [0.25, 0.3) is 11.1 Å². The monoisotopic (exact) mass is 264 g/mol. The Kier molecular flexibility index (Phi) is 4.07. The first kappa shape index (κ1) is 13.8. The van der Waals surface area contributed by atoms with Crippen molar-refractivity contribution in [3.63, 3.8) is 0 Å². The largest absolute Gasteiger partial charge is 0.417 e. The van der Waals surface area contributed by atoms with Gasteiger partial charge in [0.1, 0.15) is 0 Å². The maximum Gasteiger partial charge on any atom is 0.417 e. The molecule has 2 aromatic rings. The number of aromatic nitrogens is 1. The lowest BCUT2D eigenvalue weighted by atomic mass is 9.85. The molecule has 2 unspecified atom stereocenters. The van der Waals surface area contributed by atoms with Crippen LogP contribution in [-0.4, -0.2) is 23.7 Å². The van der Waals surface area contributed by atoms with Crippen LogP contribution in [0.5, 0.6) is 0 Å². The highest BCUT2D eigenvalue weighted by Gasteiger charge is 2.24. The molecule has 0 amide bonds. The van der Waals surface area contributed by atoms with Crippen LogP contribution in [0.4, 0.5) is 0 Å². The molecule has 0 aliphatic rings. The molecular formula is C14H20N2O3. The Morgan fingerprint density at radius 2 is 2.16 bits per heavy atom. The van der Waals surface area contributed by atoms with Crippen LogP contribution < -0.4 is 11.1 Å². The van der Waals surface area contributed by atoms with Gasteiger partial charge in [-0.1, -0.05) is 19.9 Å². The third-order valence-corrected chi connectivity index (χ3v) is 3.61. The summed E-state index contributed by atoms with van der Waals surface area (Å²) in [4.78, 5) is 13.8. The third kappa shape index (κ3) is 2.72. The average Bonchev–Trinajstić information content (AvgIpc) is 2.74. The first-order valence-electron chi connectivity index (χ1n) is 6.47. The van der Waals surface area contributed by atoms with Crippen molar-refractivity contribution in [1.82, 2.24) is 10.3 Å². The summed E-state index contributed by atoms with van der Waals surface area (Å²) in [6, 6.07) is 5.64. The second kappa shape index (κ2) is 5.59. The van der Waals surface area contributed by atoms with Crippen LogP contribution >= 0.6 is 0 Å². The average molecular weight is 264 g/mol. The zero-order chi connectivity index (χ0) is 14.0. The lowest BCUT2D eigenvalue weighted by Crippen LogP contribution is -2.31. The van der Waals surface area contributed by atoms with E-state index in [0.717, 1.165) is 5.56 Å². The summed E-state index contributed by atoms with van der Waals surface area (Å²) in [5, 5.41) is 12.8. The van der Waals surface area contributed by atoms with Crippen molar-refractivity contribution in [2.24, 2.45) is 11.8 Å². The number of rotatable bonds is 5. The maximum absolute atomic E-state index is 11.2. The van der Waals surface area contributed by atoms with Crippen molar-refractivity contribution in [2.75, 3.05) is 13.7 Å². The smallest absolute Gasteiger partial charge is 0.408 e. The summed E-state index contributed by atoms with van der Waals surface area (Å²) in [6.07, 6.45) is 0. The molecule has 1 aromatic heterocycles. The molecule has 19 heavy (non-hydrogen) atoms. The first-order valence-corrected chi connectivity index (χ1v) is 6.47. The van der Waals surface area contributed by atoms with Crippen LogP contribution in [0, 0.1) is 11.8 Å². The number of benzene rings is 1. The lowest BCUT2D eigenvalue weighted by molar-refractivity contribution is 0.154. The Morgan fingerprint density at radius 1 is 1.42 bits per heavy atom. The topological polar surface area (TPSA) is 78.3 Å². The van der Waals surface area contributed by atoms with E-state index in [-0.39, 0.29) is 18.6 Å². The first-order chi connectivity index (χ1) is 9.06. The molecule has 2 atom stereocenters. The fraction of sp³-hybridized carbons (Fsp3) is 0.500. The second-order valence-electron chi connectivity index (χ2n) is 5.13. The molecule has 0 bridgehead atoms. The van der Waals surface area contributed by atoms with Gasteiger partial charge in [0.05, 0.1) is 5.52 Å². The minimum absolute atomic E-state index is 0.0228. The van der Waals surface area contributed by atoms with E-state index in [2.05, 4.69) is 24.1 Å². The van der Waals surface area contributed by atoms with E-state index in [4.69, 9.17) is 4.42 Å². The number of hydrogen-bond donors (Lipinski definition) is 3. The van der Waals surface area contributed by atoms with Gasteiger partial charge in [-0.3, -0.25) is 4.98 Å². The summed E-state index contributed by atoms with van der Waals surface area (Å²) in [5.41, 5.74) is 2.24. The van der Waals surface area contributed by atoms with Crippen molar-refractivity contribution < 1.29 is 9.52 Å². The van der Waals surface area contributed by atoms with Crippen molar-refractivity contribution in [2.45, 2.75) is 19.9 Å². The zero-order valence-corrected chi connectivity index (χ0v) is 11.4. The molecule has 0 fully saturated rings. The predicted octanol–water partition coefficient (Wildman–Crippen LogP) is 1.65. The van der Waals surface area contributed by atoms with Gasteiger partial charge in [-0.15, -0.1) is 0 Å². The zero-order valence-electron chi connectivity index (χ0n) is 11.4. The van der Waals surface area contributed by atoms with Gasteiger partial charge in [0.15, 0.2) is 5.58 Å². The van der Waals surface area contributed by atoms with Crippen molar-refractivity contribution in [3.8, 4) is 0 Å². The number of aliphatic hydroxyl groups is 1. The van der Waals surface area contributed by atoms with E-state index >= 15 is 0 Å². The lowest BCUT2D eigenvalue weighted by Gasteiger charge is -2.28. The number of aliphatic hydroxyl groups excluding tert-OH is 1. The molecule has 0 spiro atoms. The summed E-state index contributed by atoms with van der Waals surface area (Å²) < 4.78 is 5.08. The van der Waals surface area contributed by atoms with Gasteiger partial charge >= 0.3 is 5.76 Å². The van der Waals surface area contributed by atoms with Gasteiger partial charge in [-0.05, 0) is 30.7 Å². The fourth-order valence-corrected chi connectivity index (χ4v) is 2.48. The number of aromatic amines is 1. The predicted molar refractivity (Wildman–Crippen MR) is 74.0 cm³/mol. The Balaban J connectivity index is 2.42. The number of nitrogens with one attached hydrogen (secondary N) is 2. The molecule has 0 saturated heterocycles. The Hall–Kier alpha value is -1.59. The molecular weight excluding hydrogens is 244 g/mol. The highest BCUT2D eigenvalue weighted by atomic mass is 16.4. The molecule has 0 aliphatic carbocycles. The number of H-pyrrole nitrogens is 1. The standard InChI is InChI=1S/C14H20N2O3/c1-8(2)10(7-17)13(15-3)9-4-5-11-12(6-9)19-14(18)16-11/h4-6,8,10,13,15,17H,7H2,1-3H3,(H,16,18). The fourth-order valence-electron chi connectivity index (χ4n) is 2.48. The SMILES string of the molecule is CNC(c1ccc2[nH]c(=O)oc2c1)C(CO)C(C)C.